The monoisotopic (exact) mass is 314 g/mol. The summed E-state index contributed by atoms with van der Waals surface area (Å²) < 4.78 is 5.88. The van der Waals surface area contributed by atoms with E-state index >= 15 is 0 Å². The van der Waals surface area contributed by atoms with Crippen molar-refractivity contribution in [2.45, 2.75) is 25.0 Å². The first-order chi connectivity index (χ1) is 10.8. The second-order valence-electron chi connectivity index (χ2n) is 6.01. The molecule has 1 N–H and O–H groups in total. The summed E-state index contributed by atoms with van der Waals surface area (Å²) in [7, 11) is 0. The van der Waals surface area contributed by atoms with Gasteiger partial charge < -0.3 is 10.1 Å². The molecular weight excluding hydrogens is 296 g/mol. The van der Waals surface area contributed by atoms with Crippen LogP contribution in [0.3, 0.4) is 0 Å². The Labute approximate surface area is 133 Å². The highest BCUT2D eigenvalue weighted by molar-refractivity contribution is 7.11. The summed E-state index contributed by atoms with van der Waals surface area (Å²) >= 11 is 1.38. The van der Waals surface area contributed by atoms with Gasteiger partial charge in [-0.1, -0.05) is 30.3 Å². The molecule has 1 aliphatic heterocycles. The first-order valence-corrected chi connectivity index (χ1v) is 8.56. The van der Waals surface area contributed by atoms with Gasteiger partial charge in [-0.05, 0) is 18.4 Å². The number of fused-ring (bicyclic) bond motifs is 1. The first-order valence-electron chi connectivity index (χ1n) is 7.68. The summed E-state index contributed by atoms with van der Waals surface area (Å²) in [6.07, 6.45) is 3.93. The van der Waals surface area contributed by atoms with Crippen molar-refractivity contribution in [3.8, 4) is 0 Å². The average Bonchev–Trinajstić information content (AvgIpc) is 3.21. The Morgan fingerprint density at radius 1 is 1.36 bits per heavy atom. The molecule has 2 aliphatic rings. The largest absolute Gasteiger partial charge is 0.377 e. The van der Waals surface area contributed by atoms with Crippen LogP contribution in [-0.2, 0) is 11.2 Å². The summed E-state index contributed by atoms with van der Waals surface area (Å²) in [6, 6.07) is 10.6. The van der Waals surface area contributed by atoms with E-state index in [-0.39, 0.29) is 11.9 Å². The maximum Gasteiger partial charge on any atom is 0.263 e. The van der Waals surface area contributed by atoms with Gasteiger partial charge >= 0.3 is 0 Å². The third-order valence-corrected chi connectivity index (χ3v) is 5.57. The van der Waals surface area contributed by atoms with Crippen LogP contribution < -0.4 is 5.32 Å². The fraction of sp³-hybridized carbons (Fsp3) is 0.412. The highest BCUT2D eigenvalue weighted by Gasteiger charge is 2.54. The van der Waals surface area contributed by atoms with E-state index in [1.54, 1.807) is 11.7 Å². The van der Waals surface area contributed by atoms with E-state index in [1.807, 2.05) is 6.07 Å². The van der Waals surface area contributed by atoms with Crippen LogP contribution in [0.15, 0.2) is 42.0 Å². The van der Waals surface area contributed by atoms with Crippen LogP contribution in [0.5, 0.6) is 0 Å². The maximum atomic E-state index is 12.3. The zero-order valence-corrected chi connectivity index (χ0v) is 13.0. The molecule has 2 aromatic rings. The Morgan fingerprint density at radius 3 is 3.00 bits per heavy atom. The van der Waals surface area contributed by atoms with Crippen LogP contribution in [-0.4, -0.2) is 29.6 Å². The minimum absolute atomic E-state index is 0.00379. The number of rotatable bonds is 4. The molecular formula is C17H18N2O2S. The summed E-state index contributed by atoms with van der Waals surface area (Å²) in [5.41, 5.74) is 3.00. The molecule has 1 aliphatic carbocycles. The van der Waals surface area contributed by atoms with Gasteiger partial charge in [-0.2, -0.15) is 0 Å². The van der Waals surface area contributed by atoms with Gasteiger partial charge in [-0.25, -0.2) is 0 Å². The Kier molecular flexibility index (Phi) is 3.68. The van der Waals surface area contributed by atoms with Gasteiger partial charge in [0.15, 0.2) is 0 Å². The summed E-state index contributed by atoms with van der Waals surface area (Å²) in [4.78, 5) is 17.0. The van der Waals surface area contributed by atoms with E-state index in [9.17, 15) is 4.79 Å². The Hall–Kier alpha value is -1.72. The second kappa shape index (κ2) is 5.82. The lowest BCUT2D eigenvalue weighted by Gasteiger charge is -2.48. The maximum absolute atomic E-state index is 12.3. The molecule has 4 atom stereocenters. The van der Waals surface area contributed by atoms with Gasteiger partial charge in [0.05, 0.1) is 17.8 Å². The molecule has 4 rings (SSSR count). The third kappa shape index (κ3) is 2.44. The van der Waals surface area contributed by atoms with Crippen molar-refractivity contribution in [3.05, 3.63) is 52.5 Å². The Morgan fingerprint density at radius 2 is 2.23 bits per heavy atom. The molecule has 2 fully saturated rings. The lowest BCUT2D eigenvalue weighted by Crippen LogP contribution is -2.62. The van der Waals surface area contributed by atoms with Crippen molar-refractivity contribution in [2.24, 2.45) is 11.8 Å². The standard InChI is InChI=1S/C17H18N2O2S/c20-17(14-9-18-10-22-14)19-15-12-6-7-21-16(12)13(15)8-11-4-2-1-3-5-11/h1-5,9-10,12-13,15-16H,6-8H2,(H,19,20)/t12-,13+,15-,16-/m0/s1. The molecule has 1 aromatic heterocycles. The lowest BCUT2D eigenvalue weighted by molar-refractivity contribution is -0.0527. The van der Waals surface area contributed by atoms with Crippen molar-refractivity contribution in [2.75, 3.05) is 6.61 Å². The third-order valence-electron chi connectivity index (χ3n) is 4.80. The highest BCUT2D eigenvalue weighted by Crippen LogP contribution is 2.45. The lowest BCUT2D eigenvalue weighted by atomic mass is 9.64. The molecule has 0 spiro atoms. The number of hydrogen-bond donors (Lipinski definition) is 1. The molecule has 1 saturated carbocycles. The fourth-order valence-electron chi connectivity index (χ4n) is 3.72. The van der Waals surface area contributed by atoms with Crippen molar-refractivity contribution in [1.29, 1.82) is 0 Å². The van der Waals surface area contributed by atoms with E-state index in [0.29, 0.717) is 22.8 Å². The number of thiazole rings is 1. The van der Waals surface area contributed by atoms with Crippen molar-refractivity contribution >= 4 is 17.2 Å². The molecule has 5 heteroatoms. The normalized spacial score (nSPS) is 29.6. The van der Waals surface area contributed by atoms with Crippen molar-refractivity contribution < 1.29 is 9.53 Å². The fourth-order valence-corrected chi connectivity index (χ4v) is 4.25. The summed E-state index contributed by atoms with van der Waals surface area (Å²) in [5.74, 6) is 0.827. The van der Waals surface area contributed by atoms with Crippen LogP contribution in [0.25, 0.3) is 0 Å². The Balaban J connectivity index is 1.48. The number of amides is 1. The van der Waals surface area contributed by atoms with Crippen LogP contribution in [0, 0.1) is 11.8 Å². The molecule has 1 saturated heterocycles. The number of carbonyl (C=O) groups excluding carboxylic acids is 1. The van der Waals surface area contributed by atoms with Gasteiger partial charge in [-0.15, -0.1) is 11.3 Å². The van der Waals surface area contributed by atoms with Crippen LogP contribution in [0.1, 0.15) is 21.7 Å². The van der Waals surface area contributed by atoms with Gasteiger partial charge in [0.1, 0.15) is 4.88 Å². The number of carbonyl (C=O) groups is 1. The average molecular weight is 314 g/mol. The number of ether oxygens (including phenoxy) is 1. The predicted molar refractivity (Wildman–Crippen MR) is 84.9 cm³/mol. The van der Waals surface area contributed by atoms with E-state index in [0.717, 1.165) is 19.4 Å². The van der Waals surface area contributed by atoms with Crippen LogP contribution in [0.2, 0.25) is 0 Å². The quantitative estimate of drug-likeness (QED) is 0.943. The molecule has 0 bridgehead atoms. The molecule has 0 unspecified atom stereocenters. The summed E-state index contributed by atoms with van der Waals surface area (Å²) in [5, 5.41) is 3.21. The zero-order chi connectivity index (χ0) is 14.9. The molecule has 4 nitrogen and oxygen atoms in total. The topological polar surface area (TPSA) is 51.2 Å². The molecule has 2 heterocycles. The number of benzene rings is 1. The number of nitrogens with zero attached hydrogens (tertiary/aromatic N) is 1. The minimum Gasteiger partial charge on any atom is -0.377 e. The molecule has 0 radical (unpaired) electrons. The van der Waals surface area contributed by atoms with Crippen LogP contribution >= 0.6 is 11.3 Å². The van der Waals surface area contributed by atoms with Crippen LogP contribution in [0.4, 0.5) is 0 Å². The number of hydrogen-bond acceptors (Lipinski definition) is 4. The van der Waals surface area contributed by atoms with Gasteiger partial charge in [0.25, 0.3) is 5.91 Å². The SMILES string of the molecule is O=C(N[C@@H]1[C@@H](Cc2ccccc2)[C@H]2OCC[C@@H]12)c1cncs1. The van der Waals surface area contributed by atoms with E-state index < -0.39 is 0 Å². The smallest absolute Gasteiger partial charge is 0.263 e. The Bertz CT molecular complexity index is 644. The zero-order valence-electron chi connectivity index (χ0n) is 12.1. The number of aromatic nitrogens is 1. The summed E-state index contributed by atoms with van der Waals surface area (Å²) in [6.45, 7) is 0.813. The van der Waals surface area contributed by atoms with E-state index in [4.69, 9.17) is 4.74 Å². The minimum atomic E-state index is -0.00379. The highest BCUT2D eigenvalue weighted by atomic mass is 32.1. The predicted octanol–water partition coefficient (Wildman–Crippen LogP) is 2.52. The van der Waals surface area contributed by atoms with Crippen molar-refractivity contribution in [3.63, 3.8) is 0 Å². The van der Waals surface area contributed by atoms with E-state index in [1.165, 1.54) is 16.9 Å². The van der Waals surface area contributed by atoms with E-state index in [2.05, 4.69) is 34.6 Å². The first kappa shape index (κ1) is 13.9. The number of nitrogens with one attached hydrogen (secondary N) is 1. The van der Waals surface area contributed by atoms with Crippen molar-refractivity contribution in [1.82, 2.24) is 10.3 Å². The second-order valence-corrected chi connectivity index (χ2v) is 6.89. The van der Waals surface area contributed by atoms with Gasteiger partial charge in [0, 0.05) is 24.5 Å². The van der Waals surface area contributed by atoms with Gasteiger partial charge in [0.2, 0.25) is 0 Å². The molecule has 22 heavy (non-hydrogen) atoms. The van der Waals surface area contributed by atoms with Gasteiger partial charge in [-0.3, -0.25) is 9.78 Å². The molecule has 1 amide bonds. The molecule has 1 aromatic carbocycles. The molecule has 114 valence electrons.